The van der Waals surface area contributed by atoms with Gasteiger partial charge >= 0.3 is 6.03 Å². The predicted molar refractivity (Wildman–Crippen MR) is 62.3 cm³/mol. The lowest BCUT2D eigenvalue weighted by molar-refractivity contribution is -0.120. The van der Waals surface area contributed by atoms with Gasteiger partial charge < -0.3 is 9.73 Å². The number of nitrogens with one attached hydrogen (secondary N) is 2. The molecule has 1 rings (SSSR count). The van der Waals surface area contributed by atoms with Gasteiger partial charge in [0.15, 0.2) is 0 Å². The van der Waals surface area contributed by atoms with Crippen LogP contribution in [0.15, 0.2) is 22.8 Å². The molecule has 17 heavy (non-hydrogen) atoms. The van der Waals surface area contributed by atoms with E-state index in [-0.39, 0.29) is 19.0 Å². The summed E-state index contributed by atoms with van der Waals surface area (Å²) in [5.74, 6) is 0.310. The van der Waals surface area contributed by atoms with Crippen LogP contribution in [-0.4, -0.2) is 37.0 Å². The summed E-state index contributed by atoms with van der Waals surface area (Å²) in [6.07, 6.45) is 1.52. The van der Waals surface area contributed by atoms with E-state index in [0.29, 0.717) is 5.76 Å². The summed E-state index contributed by atoms with van der Waals surface area (Å²) >= 11 is 0. The van der Waals surface area contributed by atoms with Gasteiger partial charge in [0.1, 0.15) is 5.76 Å². The topological polar surface area (TPSA) is 74.6 Å². The number of hydrogen-bond donors (Lipinski definition) is 2. The maximum Gasteiger partial charge on any atom is 0.321 e. The van der Waals surface area contributed by atoms with Crippen LogP contribution < -0.4 is 10.6 Å². The van der Waals surface area contributed by atoms with Gasteiger partial charge in [0.05, 0.1) is 19.4 Å². The normalized spacial score (nSPS) is 10.3. The third kappa shape index (κ3) is 5.17. The number of carbonyl (C=O) groups excluding carboxylic acids is 2. The summed E-state index contributed by atoms with van der Waals surface area (Å²) in [6.45, 7) is 3.14. The molecule has 0 aliphatic carbocycles. The Balaban J connectivity index is 2.22. The Morgan fingerprint density at radius 2 is 2.24 bits per heavy atom. The molecule has 2 N–H and O–H groups in total. The Morgan fingerprint density at radius 3 is 2.82 bits per heavy atom. The number of nitrogens with zero attached hydrogens (tertiary/aromatic N) is 1. The van der Waals surface area contributed by atoms with Crippen molar-refractivity contribution in [3.05, 3.63) is 24.2 Å². The number of rotatable bonds is 5. The van der Waals surface area contributed by atoms with Gasteiger partial charge in [-0.2, -0.15) is 0 Å². The average Bonchev–Trinajstić information content (AvgIpc) is 2.78. The third-order valence-electron chi connectivity index (χ3n) is 2.21. The van der Waals surface area contributed by atoms with Crippen LogP contribution in [0, 0.1) is 0 Å². The summed E-state index contributed by atoms with van der Waals surface area (Å²) in [4.78, 5) is 24.5. The fourth-order valence-electron chi connectivity index (χ4n) is 1.15. The lowest BCUT2D eigenvalue weighted by Crippen LogP contribution is -2.43. The molecule has 0 fully saturated rings. The first kappa shape index (κ1) is 13.2. The standard InChI is InChI=1S/C11H17N3O3/c1-3-14(2)8-10(15)13-11(16)12-7-9-5-4-6-17-9/h4-6H,3,7-8H2,1-2H3,(H2,12,13,15,16). The molecule has 3 amide bonds. The number of amides is 3. The maximum atomic E-state index is 11.3. The van der Waals surface area contributed by atoms with Gasteiger partial charge in [-0.15, -0.1) is 0 Å². The van der Waals surface area contributed by atoms with Crippen LogP contribution in [0.5, 0.6) is 0 Å². The summed E-state index contributed by atoms with van der Waals surface area (Å²) in [7, 11) is 1.81. The van der Waals surface area contributed by atoms with Gasteiger partial charge in [-0.1, -0.05) is 6.92 Å². The minimum atomic E-state index is -0.518. The molecule has 1 aromatic heterocycles. The highest BCUT2D eigenvalue weighted by molar-refractivity contribution is 5.95. The second kappa shape index (κ2) is 6.70. The molecular formula is C11H17N3O3. The largest absolute Gasteiger partial charge is 0.467 e. The van der Waals surface area contributed by atoms with Gasteiger partial charge in [0, 0.05) is 0 Å². The molecule has 0 aliphatic rings. The second-order valence-corrected chi connectivity index (χ2v) is 3.64. The number of urea groups is 1. The van der Waals surface area contributed by atoms with E-state index in [4.69, 9.17) is 4.42 Å². The number of carbonyl (C=O) groups is 2. The molecule has 6 heteroatoms. The number of furan rings is 1. The third-order valence-corrected chi connectivity index (χ3v) is 2.21. The van der Waals surface area contributed by atoms with Crippen LogP contribution in [0.3, 0.4) is 0 Å². The van der Waals surface area contributed by atoms with Crippen LogP contribution in [0.2, 0.25) is 0 Å². The Kier molecular flexibility index (Phi) is 5.22. The van der Waals surface area contributed by atoms with E-state index in [2.05, 4.69) is 10.6 Å². The summed E-state index contributed by atoms with van der Waals surface area (Å²) < 4.78 is 5.04. The molecule has 0 radical (unpaired) electrons. The molecular weight excluding hydrogens is 222 g/mol. The quantitative estimate of drug-likeness (QED) is 0.787. The Bertz CT molecular complexity index is 362. The van der Waals surface area contributed by atoms with E-state index in [9.17, 15) is 9.59 Å². The van der Waals surface area contributed by atoms with E-state index in [0.717, 1.165) is 6.54 Å². The average molecular weight is 239 g/mol. The van der Waals surface area contributed by atoms with E-state index < -0.39 is 6.03 Å². The zero-order valence-corrected chi connectivity index (χ0v) is 10.0. The van der Waals surface area contributed by atoms with Crippen LogP contribution in [0.25, 0.3) is 0 Å². The van der Waals surface area contributed by atoms with E-state index in [1.165, 1.54) is 6.26 Å². The number of hydrogen-bond acceptors (Lipinski definition) is 4. The van der Waals surface area contributed by atoms with Crippen molar-refractivity contribution in [3.8, 4) is 0 Å². The van der Waals surface area contributed by atoms with Crippen molar-refractivity contribution in [2.45, 2.75) is 13.5 Å². The first-order chi connectivity index (χ1) is 8.11. The second-order valence-electron chi connectivity index (χ2n) is 3.64. The van der Waals surface area contributed by atoms with Gasteiger partial charge in [-0.3, -0.25) is 15.0 Å². The monoisotopic (exact) mass is 239 g/mol. The van der Waals surface area contributed by atoms with E-state index in [1.807, 2.05) is 6.92 Å². The highest BCUT2D eigenvalue weighted by Gasteiger charge is 2.09. The zero-order valence-electron chi connectivity index (χ0n) is 10.0. The SMILES string of the molecule is CCN(C)CC(=O)NC(=O)NCc1ccco1. The number of imide groups is 1. The molecule has 0 saturated carbocycles. The number of likely N-dealkylation sites (N-methyl/N-ethyl adjacent to an activating group) is 1. The van der Waals surface area contributed by atoms with Crippen LogP contribution in [0.4, 0.5) is 4.79 Å². The van der Waals surface area contributed by atoms with Crippen molar-refractivity contribution in [1.82, 2.24) is 15.5 Å². The molecule has 0 aromatic carbocycles. The Morgan fingerprint density at radius 1 is 1.47 bits per heavy atom. The summed E-state index contributed by atoms with van der Waals surface area (Å²) in [5, 5.41) is 4.76. The van der Waals surface area contributed by atoms with E-state index in [1.54, 1.807) is 24.1 Å². The fraction of sp³-hybridized carbons (Fsp3) is 0.455. The smallest absolute Gasteiger partial charge is 0.321 e. The Labute approximate surface area is 100.0 Å². The first-order valence-corrected chi connectivity index (χ1v) is 5.40. The van der Waals surface area contributed by atoms with Crippen molar-refractivity contribution >= 4 is 11.9 Å². The molecule has 0 saturated heterocycles. The molecule has 0 atom stereocenters. The van der Waals surface area contributed by atoms with Gasteiger partial charge in [-0.25, -0.2) is 4.79 Å². The van der Waals surface area contributed by atoms with Crippen molar-refractivity contribution in [3.63, 3.8) is 0 Å². The minimum absolute atomic E-state index is 0.199. The highest BCUT2D eigenvalue weighted by Crippen LogP contribution is 1.97. The van der Waals surface area contributed by atoms with Crippen LogP contribution in [-0.2, 0) is 11.3 Å². The van der Waals surface area contributed by atoms with Gasteiger partial charge in [-0.05, 0) is 25.7 Å². The fourth-order valence-corrected chi connectivity index (χ4v) is 1.15. The molecule has 0 bridgehead atoms. The van der Waals surface area contributed by atoms with Crippen LogP contribution >= 0.6 is 0 Å². The molecule has 6 nitrogen and oxygen atoms in total. The van der Waals surface area contributed by atoms with Crippen molar-refractivity contribution in [2.75, 3.05) is 20.1 Å². The van der Waals surface area contributed by atoms with Gasteiger partial charge in [0.2, 0.25) is 5.91 Å². The lowest BCUT2D eigenvalue weighted by atomic mass is 10.4. The van der Waals surface area contributed by atoms with E-state index >= 15 is 0 Å². The molecule has 0 aliphatic heterocycles. The zero-order chi connectivity index (χ0) is 12.7. The van der Waals surface area contributed by atoms with Crippen molar-refractivity contribution < 1.29 is 14.0 Å². The van der Waals surface area contributed by atoms with Crippen LogP contribution in [0.1, 0.15) is 12.7 Å². The van der Waals surface area contributed by atoms with Gasteiger partial charge in [0.25, 0.3) is 0 Å². The predicted octanol–water partition coefficient (Wildman–Crippen LogP) is 0.557. The molecule has 0 spiro atoms. The first-order valence-electron chi connectivity index (χ1n) is 5.40. The molecule has 94 valence electrons. The Hall–Kier alpha value is -1.82. The van der Waals surface area contributed by atoms with Crippen molar-refractivity contribution in [2.24, 2.45) is 0 Å². The lowest BCUT2D eigenvalue weighted by Gasteiger charge is -2.12. The molecule has 0 unspecified atom stereocenters. The molecule has 1 heterocycles. The highest BCUT2D eigenvalue weighted by atomic mass is 16.3. The summed E-state index contributed by atoms with van der Waals surface area (Å²) in [6, 6.07) is 2.96. The maximum absolute atomic E-state index is 11.3. The summed E-state index contributed by atoms with van der Waals surface area (Å²) in [5.41, 5.74) is 0. The molecule has 1 aromatic rings. The minimum Gasteiger partial charge on any atom is -0.467 e. The van der Waals surface area contributed by atoms with Crippen molar-refractivity contribution in [1.29, 1.82) is 0 Å².